The van der Waals surface area contributed by atoms with Crippen molar-refractivity contribution in [1.29, 1.82) is 0 Å². The molecule has 2 heterocycles. The van der Waals surface area contributed by atoms with Crippen LogP contribution in [0.4, 0.5) is 5.69 Å². The van der Waals surface area contributed by atoms with E-state index in [0.29, 0.717) is 17.8 Å². The van der Waals surface area contributed by atoms with Crippen LogP contribution in [0.1, 0.15) is 44.9 Å². The number of nitrogens with zero attached hydrogens (tertiary/aromatic N) is 1. The molecule has 2 fully saturated rings. The lowest BCUT2D eigenvalue weighted by atomic mass is 9.66. The zero-order valence-electron chi connectivity index (χ0n) is 13.0. The summed E-state index contributed by atoms with van der Waals surface area (Å²) in [5.74, 6) is 0.776. The number of carbonyl (C=O) groups excluding carboxylic acids is 1. The van der Waals surface area contributed by atoms with Crippen LogP contribution in [0.3, 0.4) is 0 Å². The number of nitrogens with one attached hydrogen (secondary N) is 2. The van der Waals surface area contributed by atoms with E-state index in [9.17, 15) is 4.79 Å². The second-order valence-electron chi connectivity index (χ2n) is 6.58. The molecular formula is C17H26ClN3O. The van der Waals surface area contributed by atoms with Crippen LogP contribution in [0, 0.1) is 11.3 Å². The molecule has 1 saturated heterocycles. The molecule has 1 spiro atoms. The summed E-state index contributed by atoms with van der Waals surface area (Å²) in [5.41, 5.74) is 1.27. The van der Waals surface area contributed by atoms with Gasteiger partial charge in [0.25, 0.3) is 0 Å². The van der Waals surface area contributed by atoms with E-state index in [1.54, 1.807) is 12.4 Å². The molecule has 1 atom stereocenters. The molecule has 122 valence electrons. The number of pyridine rings is 1. The second kappa shape index (κ2) is 7.93. The molecule has 2 N–H and O–H groups in total. The van der Waals surface area contributed by atoms with Gasteiger partial charge in [0, 0.05) is 19.2 Å². The molecule has 2 aliphatic rings. The second-order valence-corrected chi connectivity index (χ2v) is 6.58. The molecule has 22 heavy (non-hydrogen) atoms. The minimum Gasteiger partial charge on any atom is -0.325 e. The summed E-state index contributed by atoms with van der Waals surface area (Å²) in [4.78, 5) is 16.1. The fourth-order valence-corrected chi connectivity index (χ4v) is 4.07. The van der Waals surface area contributed by atoms with Gasteiger partial charge in [0.1, 0.15) is 0 Å². The number of hydrogen-bond acceptors (Lipinski definition) is 3. The summed E-state index contributed by atoms with van der Waals surface area (Å²) in [6, 6.07) is 3.72. The Hall–Kier alpha value is -1.13. The molecule has 0 bridgehead atoms. The third-order valence-electron chi connectivity index (χ3n) is 5.25. The van der Waals surface area contributed by atoms with Crippen LogP contribution in [0.15, 0.2) is 24.5 Å². The number of anilines is 1. The highest BCUT2D eigenvalue weighted by Crippen LogP contribution is 2.46. The molecule has 1 aliphatic heterocycles. The summed E-state index contributed by atoms with van der Waals surface area (Å²) in [6.45, 7) is 2.24. The Morgan fingerprint density at radius 2 is 2.18 bits per heavy atom. The van der Waals surface area contributed by atoms with Crippen LogP contribution >= 0.6 is 12.4 Å². The standard InChI is InChI=1S/C17H25N3O.ClH/c21-16(20-15-5-4-10-18-12-15)7-6-14-11-19-13-17(14)8-2-1-3-9-17;/h4-5,10,12,14,19H,1-3,6-9,11,13H2,(H,20,21);1H. The summed E-state index contributed by atoms with van der Waals surface area (Å²) in [6.07, 6.45) is 11.8. The largest absolute Gasteiger partial charge is 0.325 e. The van der Waals surface area contributed by atoms with Gasteiger partial charge in [-0.3, -0.25) is 9.78 Å². The predicted molar refractivity (Wildman–Crippen MR) is 91.2 cm³/mol. The van der Waals surface area contributed by atoms with Gasteiger partial charge in [-0.2, -0.15) is 0 Å². The Morgan fingerprint density at radius 3 is 2.91 bits per heavy atom. The number of carbonyl (C=O) groups is 1. The van der Waals surface area contributed by atoms with Gasteiger partial charge in [0.2, 0.25) is 5.91 Å². The molecule has 5 heteroatoms. The van der Waals surface area contributed by atoms with Crippen molar-refractivity contribution in [3.05, 3.63) is 24.5 Å². The highest BCUT2D eigenvalue weighted by Gasteiger charge is 2.42. The number of rotatable bonds is 4. The minimum atomic E-state index is 0. The van der Waals surface area contributed by atoms with Crippen molar-refractivity contribution in [1.82, 2.24) is 10.3 Å². The monoisotopic (exact) mass is 323 g/mol. The maximum atomic E-state index is 12.1. The van der Waals surface area contributed by atoms with E-state index >= 15 is 0 Å². The lowest BCUT2D eigenvalue weighted by Gasteiger charge is -2.38. The van der Waals surface area contributed by atoms with Crippen LogP contribution in [0.2, 0.25) is 0 Å². The number of hydrogen-bond donors (Lipinski definition) is 2. The lowest BCUT2D eigenvalue weighted by Crippen LogP contribution is -2.33. The van der Waals surface area contributed by atoms with E-state index in [4.69, 9.17) is 0 Å². The van der Waals surface area contributed by atoms with Crippen molar-refractivity contribution >= 4 is 24.0 Å². The third kappa shape index (κ3) is 3.99. The first-order valence-electron chi connectivity index (χ1n) is 8.19. The average molecular weight is 324 g/mol. The molecule has 1 saturated carbocycles. The maximum Gasteiger partial charge on any atom is 0.224 e. The minimum absolute atomic E-state index is 0. The smallest absolute Gasteiger partial charge is 0.224 e. The molecule has 1 amide bonds. The van der Waals surface area contributed by atoms with Crippen LogP contribution in [-0.2, 0) is 4.79 Å². The van der Waals surface area contributed by atoms with Crippen LogP contribution < -0.4 is 10.6 Å². The first-order chi connectivity index (χ1) is 10.3. The quantitative estimate of drug-likeness (QED) is 0.893. The van der Waals surface area contributed by atoms with E-state index in [0.717, 1.165) is 25.2 Å². The van der Waals surface area contributed by atoms with E-state index in [-0.39, 0.29) is 18.3 Å². The Kier molecular flexibility index (Phi) is 6.21. The predicted octanol–water partition coefficient (Wildman–Crippen LogP) is 3.39. The van der Waals surface area contributed by atoms with Gasteiger partial charge in [0.15, 0.2) is 0 Å². The van der Waals surface area contributed by atoms with Crippen molar-refractivity contribution in [2.24, 2.45) is 11.3 Å². The van der Waals surface area contributed by atoms with Gasteiger partial charge in [0.05, 0.1) is 11.9 Å². The van der Waals surface area contributed by atoms with Crippen molar-refractivity contribution in [3.63, 3.8) is 0 Å². The van der Waals surface area contributed by atoms with Crippen molar-refractivity contribution in [2.45, 2.75) is 44.9 Å². The van der Waals surface area contributed by atoms with E-state index in [2.05, 4.69) is 15.6 Å². The Bertz CT molecular complexity index is 474. The van der Waals surface area contributed by atoms with Gasteiger partial charge in [-0.25, -0.2) is 0 Å². The molecular weight excluding hydrogens is 298 g/mol. The summed E-state index contributed by atoms with van der Waals surface area (Å²) in [5, 5.41) is 6.50. The molecule has 1 unspecified atom stereocenters. The van der Waals surface area contributed by atoms with Gasteiger partial charge < -0.3 is 10.6 Å². The van der Waals surface area contributed by atoms with Crippen molar-refractivity contribution in [3.8, 4) is 0 Å². The summed E-state index contributed by atoms with van der Waals surface area (Å²) < 4.78 is 0. The Balaban J connectivity index is 0.00000176. The van der Waals surface area contributed by atoms with Crippen molar-refractivity contribution < 1.29 is 4.79 Å². The molecule has 4 nitrogen and oxygen atoms in total. The van der Waals surface area contributed by atoms with Crippen molar-refractivity contribution in [2.75, 3.05) is 18.4 Å². The normalized spacial score (nSPS) is 23.0. The number of aromatic nitrogens is 1. The first kappa shape index (κ1) is 17.2. The highest BCUT2D eigenvalue weighted by atomic mass is 35.5. The maximum absolute atomic E-state index is 12.1. The fraction of sp³-hybridized carbons (Fsp3) is 0.647. The molecule has 1 aromatic rings. The topological polar surface area (TPSA) is 54.0 Å². The van der Waals surface area contributed by atoms with E-state index in [1.165, 1.54) is 32.1 Å². The van der Waals surface area contributed by atoms with Gasteiger partial charge >= 0.3 is 0 Å². The molecule has 1 aliphatic carbocycles. The lowest BCUT2D eigenvalue weighted by molar-refractivity contribution is -0.116. The summed E-state index contributed by atoms with van der Waals surface area (Å²) in [7, 11) is 0. The molecule has 1 aromatic heterocycles. The first-order valence-corrected chi connectivity index (χ1v) is 8.19. The van der Waals surface area contributed by atoms with Gasteiger partial charge in [-0.1, -0.05) is 19.3 Å². The molecule has 0 aromatic carbocycles. The zero-order valence-corrected chi connectivity index (χ0v) is 13.8. The summed E-state index contributed by atoms with van der Waals surface area (Å²) >= 11 is 0. The fourth-order valence-electron chi connectivity index (χ4n) is 4.07. The van der Waals surface area contributed by atoms with Crippen LogP contribution in [0.5, 0.6) is 0 Å². The highest BCUT2D eigenvalue weighted by molar-refractivity contribution is 5.90. The molecule has 0 radical (unpaired) electrons. The average Bonchev–Trinajstić information content (AvgIpc) is 2.89. The SMILES string of the molecule is Cl.O=C(CCC1CNCC12CCCCC2)Nc1cccnc1. The molecule has 3 rings (SSSR count). The number of halogens is 1. The van der Waals surface area contributed by atoms with Gasteiger partial charge in [-0.15, -0.1) is 12.4 Å². The van der Waals surface area contributed by atoms with E-state index in [1.807, 2.05) is 12.1 Å². The van der Waals surface area contributed by atoms with Crippen LogP contribution in [0.25, 0.3) is 0 Å². The van der Waals surface area contributed by atoms with Crippen LogP contribution in [-0.4, -0.2) is 24.0 Å². The van der Waals surface area contributed by atoms with E-state index < -0.39 is 0 Å². The number of amides is 1. The Labute approximate surface area is 138 Å². The zero-order chi connectivity index (χ0) is 14.5. The third-order valence-corrected chi connectivity index (χ3v) is 5.25. The van der Waals surface area contributed by atoms with Gasteiger partial charge in [-0.05, 0) is 49.3 Å². The Morgan fingerprint density at radius 1 is 1.36 bits per heavy atom.